The van der Waals surface area contributed by atoms with Crippen LogP contribution in [0.25, 0.3) is 0 Å². The van der Waals surface area contributed by atoms with Gasteiger partial charge >= 0.3 is 0 Å². The van der Waals surface area contributed by atoms with E-state index in [-0.39, 0.29) is 24.7 Å². The lowest BCUT2D eigenvalue weighted by atomic mass is 10.2. The van der Waals surface area contributed by atoms with Crippen molar-refractivity contribution < 1.29 is 14.3 Å². The molecule has 0 saturated carbocycles. The minimum absolute atomic E-state index is 0.0336. The maximum atomic E-state index is 12.0. The van der Waals surface area contributed by atoms with Crippen molar-refractivity contribution in [3.8, 4) is 5.75 Å². The maximum Gasteiger partial charge on any atom is 0.240 e. The highest BCUT2D eigenvalue weighted by Crippen LogP contribution is 2.17. The molecule has 7 heteroatoms. The Bertz CT molecular complexity index is 1040. The van der Waals surface area contributed by atoms with E-state index in [2.05, 4.69) is 31.8 Å². The normalized spacial score (nSPS) is 10.6. The molecular weight excluding hydrogens is 458 g/mol. The Kier molecular flexibility index (Phi) is 8.37. The zero-order valence-corrected chi connectivity index (χ0v) is 18.3. The van der Waals surface area contributed by atoms with Crippen molar-refractivity contribution in [1.29, 1.82) is 0 Å². The van der Waals surface area contributed by atoms with E-state index < -0.39 is 0 Å². The van der Waals surface area contributed by atoms with Gasteiger partial charge in [-0.2, -0.15) is 5.10 Å². The predicted molar refractivity (Wildman–Crippen MR) is 125 cm³/mol. The van der Waals surface area contributed by atoms with Crippen LogP contribution in [0.5, 0.6) is 5.75 Å². The molecule has 3 rings (SSSR count). The van der Waals surface area contributed by atoms with Gasteiger partial charge in [0.05, 0.1) is 6.21 Å². The Balaban J connectivity index is 1.45. The fraction of sp³-hybridized carbons (Fsp3) is 0.125. The van der Waals surface area contributed by atoms with Crippen molar-refractivity contribution >= 4 is 39.6 Å². The highest BCUT2D eigenvalue weighted by atomic mass is 79.9. The molecule has 0 aliphatic heterocycles. The molecule has 2 N–H and O–H groups in total. The van der Waals surface area contributed by atoms with Gasteiger partial charge in [-0.05, 0) is 42.0 Å². The fourth-order valence-electron chi connectivity index (χ4n) is 2.67. The second-order valence-electron chi connectivity index (χ2n) is 6.66. The smallest absolute Gasteiger partial charge is 0.240 e. The van der Waals surface area contributed by atoms with Crippen molar-refractivity contribution in [3.05, 3.63) is 94.5 Å². The molecule has 3 aromatic carbocycles. The molecule has 0 heterocycles. The van der Waals surface area contributed by atoms with Gasteiger partial charge in [-0.15, -0.1) is 0 Å². The largest absolute Gasteiger partial charge is 0.488 e. The zero-order valence-electron chi connectivity index (χ0n) is 16.8. The molecular formula is C24H22BrN3O3. The van der Waals surface area contributed by atoms with E-state index in [0.717, 1.165) is 15.6 Å². The summed E-state index contributed by atoms with van der Waals surface area (Å²) in [6.45, 7) is 0.436. The van der Waals surface area contributed by atoms with Gasteiger partial charge in [-0.3, -0.25) is 9.59 Å². The Morgan fingerprint density at radius 1 is 0.871 bits per heavy atom. The number of benzene rings is 3. The zero-order chi connectivity index (χ0) is 21.9. The van der Waals surface area contributed by atoms with Gasteiger partial charge in [0.15, 0.2) is 0 Å². The average molecular weight is 480 g/mol. The van der Waals surface area contributed by atoms with Gasteiger partial charge in [0.2, 0.25) is 11.8 Å². The SMILES string of the molecule is O=C(CCC(=O)Nc1ccc(Br)cc1)N/N=C\c1ccccc1OCc1ccccc1. The van der Waals surface area contributed by atoms with Crippen molar-refractivity contribution in [1.82, 2.24) is 5.43 Å². The molecule has 0 aliphatic carbocycles. The van der Waals surface area contributed by atoms with Crippen LogP contribution in [0, 0.1) is 0 Å². The molecule has 0 unspecified atom stereocenters. The summed E-state index contributed by atoms with van der Waals surface area (Å²) in [5, 5.41) is 6.73. The Morgan fingerprint density at radius 3 is 2.32 bits per heavy atom. The van der Waals surface area contributed by atoms with Gasteiger partial charge in [-0.25, -0.2) is 5.43 Å². The first kappa shape index (κ1) is 22.2. The summed E-state index contributed by atoms with van der Waals surface area (Å²) in [6, 6.07) is 24.5. The highest BCUT2D eigenvalue weighted by Gasteiger charge is 2.07. The van der Waals surface area contributed by atoms with Crippen LogP contribution in [0.1, 0.15) is 24.0 Å². The number of carbonyl (C=O) groups excluding carboxylic acids is 2. The molecule has 31 heavy (non-hydrogen) atoms. The highest BCUT2D eigenvalue weighted by molar-refractivity contribution is 9.10. The maximum absolute atomic E-state index is 12.0. The molecule has 158 valence electrons. The van der Waals surface area contributed by atoms with E-state index in [9.17, 15) is 9.59 Å². The Hall–Kier alpha value is -3.45. The number of hydrogen-bond donors (Lipinski definition) is 2. The number of carbonyl (C=O) groups is 2. The van der Waals surface area contributed by atoms with Crippen molar-refractivity contribution in [2.24, 2.45) is 5.10 Å². The first-order valence-corrected chi connectivity index (χ1v) is 10.5. The van der Waals surface area contributed by atoms with Gasteiger partial charge in [0.25, 0.3) is 0 Å². The first-order valence-electron chi connectivity index (χ1n) is 9.73. The van der Waals surface area contributed by atoms with Crippen LogP contribution in [0.15, 0.2) is 88.4 Å². The van der Waals surface area contributed by atoms with Crippen molar-refractivity contribution in [3.63, 3.8) is 0 Å². The van der Waals surface area contributed by atoms with E-state index >= 15 is 0 Å². The summed E-state index contributed by atoms with van der Waals surface area (Å²) in [7, 11) is 0. The van der Waals surface area contributed by atoms with Gasteiger partial charge in [-0.1, -0.05) is 58.4 Å². The van der Waals surface area contributed by atoms with Crippen LogP contribution >= 0.6 is 15.9 Å². The molecule has 0 radical (unpaired) electrons. The van der Waals surface area contributed by atoms with E-state index in [1.165, 1.54) is 6.21 Å². The van der Waals surface area contributed by atoms with Crippen LogP contribution in [0.2, 0.25) is 0 Å². The Labute approximate surface area is 189 Å². The lowest BCUT2D eigenvalue weighted by Crippen LogP contribution is -2.20. The quantitative estimate of drug-likeness (QED) is 0.338. The molecule has 2 amide bonds. The number of hydrogen-bond acceptors (Lipinski definition) is 4. The number of nitrogens with one attached hydrogen (secondary N) is 2. The van der Waals surface area contributed by atoms with E-state index in [4.69, 9.17) is 4.74 Å². The molecule has 0 spiro atoms. The minimum atomic E-state index is -0.343. The lowest BCUT2D eigenvalue weighted by Gasteiger charge is -2.09. The monoisotopic (exact) mass is 479 g/mol. The number of halogens is 1. The topological polar surface area (TPSA) is 79.8 Å². The van der Waals surface area contributed by atoms with E-state index in [0.29, 0.717) is 18.0 Å². The number of amides is 2. The summed E-state index contributed by atoms with van der Waals surface area (Å²) in [6.07, 6.45) is 1.63. The first-order chi connectivity index (χ1) is 15.1. The summed E-state index contributed by atoms with van der Waals surface area (Å²) in [5.41, 5.74) is 4.93. The number of rotatable bonds is 9. The predicted octanol–water partition coefficient (Wildman–Crippen LogP) is 4.90. The van der Waals surface area contributed by atoms with E-state index in [1.54, 1.807) is 12.1 Å². The minimum Gasteiger partial charge on any atom is -0.488 e. The number of ether oxygens (including phenoxy) is 1. The number of nitrogens with zero attached hydrogens (tertiary/aromatic N) is 1. The van der Waals surface area contributed by atoms with Crippen molar-refractivity contribution in [2.45, 2.75) is 19.4 Å². The van der Waals surface area contributed by atoms with Gasteiger partial charge in [0, 0.05) is 28.6 Å². The molecule has 3 aromatic rings. The lowest BCUT2D eigenvalue weighted by molar-refractivity contribution is -0.124. The molecule has 0 saturated heterocycles. The van der Waals surface area contributed by atoms with E-state index in [1.807, 2.05) is 66.7 Å². The fourth-order valence-corrected chi connectivity index (χ4v) is 2.93. The second-order valence-corrected chi connectivity index (χ2v) is 7.58. The molecule has 0 bridgehead atoms. The number of anilines is 1. The van der Waals surface area contributed by atoms with Crippen LogP contribution in [-0.2, 0) is 16.2 Å². The van der Waals surface area contributed by atoms with Crippen LogP contribution in [-0.4, -0.2) is 18.0 Å². The third kappa shape index (κ3) is 7.71. The summed E-state index contributed by atoms with van der Waals surface area (Å²) in [4.78, 5) is 24.0. The van der Waals surface area contributed by atoms with Gasteiger partial charge in [0.1, 0.15) is 12.4 Å². The number of hydrazone groups is 1. The van der Waals surface area contributed by atoms with Gasteiger partial charge < -0.3 is 10.1 Å². The molecule has 0 aromatic heterocycles. The molecule has 0 aliphatic rings. The summed E-state index contributed by atoms with van der Waals surface area (Å²) in [5.74, 6) is 0.0872. The van der Waals surface area contributed by atoms with Crippen molar-refractivity contribution in [2.75, 3.05) is 5.32 Å². The van der Waals surface area contributed by atoms with Crippen LogP contribution in [0.3, 0.4) is 0 Å². The third-order valence-corrected chi connectivity index (χ3v) is 4.78. The summed E-state index contributed by atoms with van der Waals surface area (Å²) >= 11 is 3.34. The average Bonchev–Trinajstić information content (AvgIpc) is 2.79. The molecule has 6 nitrogen and oxygen atoms in total. The number of para-hydroxylation sites is 1. The molecule has 0 fully saturated rings. The third-order valence-electron chi connectivity index (χ3n) is 4.26. The summed E-state index contributed by atoms with van der Waals surface area (Å²) < 4.78 is 6.79. The Morgan fingerprint density at radius 2 is 1.55 bits per heavy atom. The second kappa shape index (κ2) is 11.7. The standard InChI is InChI=1S/C24H22BrN3O3/c25-20-10-12-21(13-11-20)27-23(29)14-15-24(30)28-26-16-19-8-4-5-9-22(19)31-17-18-6-2-1-3-7-18/h1-13,16H,14-15,17H2,(H,27,29)(H,28,30)/b26-16-. The van der Waals surface area contributed by atoms with Crippen LogP contribution in [0.4, 0.5) is 5.69 Å². The molecule has 0 atom stereocenters. The van der Waals surface area contributed by atoms with Crippen LogP contribution < -0.4 is 15.5 Å².